The normalized spacial score (nSPS) is 20.7. The highest BCUT2D eigenvalue weighted by Gasteiger charge is 2.18. The van der Waals surface area contributed by atoms with E-state index in [1.807, 2.05) is 0 Å². The van der Waals surface area contributed by atoms with Gasteiger partial charge in [0.15, 0.2) is 0 Å². The minimum Gasteiger partial charge on any atom is -0.309 e. The summed E-state index contributed by atoms with van der Waals surface area (Å²) in [4.78, 5) is 2.55. The van der Waals surface area contributed by atoms with Gasteiger partial charge in [0.05, 0.1) is 0 Å². The van der Waals surface area contributed by atoms with Crippen LogP contribution >= 0.6 is 0 Å². The van der Waals surface area contributed by atoms with Gasteiger partial charge in [-0.3, -0.25) is 0 Å². The van der Waals surface area contributed by atoms with E-state index in [0.717, 1.165) is 6.54 Å². The molecule has 2 rings (SSSR count). The smallest absolute Gasteiger partial charge is 0.0213 e. The fraction of sp³-hybridized carbons (Fsp3) is 0.647. The second kappa shape index (κ2) is 6.53. The highest BCUT2D eigenvalue weighted by atomic mass is 15.2. The largest absolute Gasteiger partial charge is 0.309 e. The lowest BCUT2D eigenvalue weighted by molar-refractivity contribution is 0.198. The number of rotatable bonds is 4. The van der Waals surface area contributed by atoms with E-state index in [1.165, 1.54) is 54.7 Å². The molecule has 1 N–H and O–H groups in total. The van der Waals surface area contributed by atoms with Crippen LogP contribution in [0.3, 0.4) is 0 Å². The zero-order valence-electron chi connectivity index (χ0n) is 12.9. The number of benzene rings is 1. The van der Waals surface area contributed by atoms with Crippen LogP contribution in [0, 0.1) is 20.8 Å². The van der Waals surface area contributed by atoms with Gasteiger partial charge < -0.3 is 10.2 Å². The Hall–Kier alpha value is -0.860. The minimum atomic E-state index is 0.661. The van der Waals surface area contributed by atoms with Gasteiger partial charge in [0.1, 0.15) is 0 Å². The van der Waals surface area contributed by atoms with Gasteiger partial charge in [0, 0.05) is 19.1 Å². The van der Waals surface area contributed by atoms with Crippen molar-refractivity contribution in [3.8, 4) is 0 Å². The Morgan fingerprint density at radius 3 is 2.53 bits per heavy atom. The van der Waals surface area contributed by atoms with Gasteiger partial charge in [-0.1, -0.05) is 24.6 Å². The van der Waals surface area contributed by atoms with Crippen molar-refractivity contribution in [2.75, 3.05) is 19.6 Å². The molecule has 1 aromatic rings. The number of likely N-dealkylation sites (tertiary alicyclic amines) is 1. The van der Waals surface area contributed by atoms with Crippen molar-refractivity contribution < 1.29 is 0 Å². The Kier molecular flexibility index (Phi) is 5.00. The topological polar surface area (TPSA) is 15.3 Å². The van der Waals surface area contributed by atoms with Crippen molar-refractivity contribution in [3.63, 3.8) is 0 Å². The third kappa shape index (κ3) is 3.80. The van der Waals surface area contributed by atoms with Crippen LogP contribution in [0.4, 0.5) is 0 Å². The lowest BCUT2D eigenvalue weighted by Crippen LogP contribution is -2.45. The lowest BCUT2D eigenvalue weighted by atomic mass is 9.99. The average molecular weight is 260 g/mol. The first-order chi connectivity index (χ1) is 9.10. The maximum absolute atomic E-state index is 3.76. The zero-order valence-corrected chi connectivity index (χ0v) is 12.9. The van der Waals surface area contributed by atoms with Crippen molar-refractivity contribution in [2.45, 2.75) is 53.1 Å². The van der Waals surface area contributed by atoms with Gasteiger partial charge in [-0.2, -0.15) is 0 Å². The monoisotopic (exact) mass is 260 g/mol. The second-order valence-electron chi connectivity index (χ2n) is 5.99. The molecular weight excluding hydrogens is 232 g/mol. The molecule has 1 aliphatic heterocycles. The summed E-state index contributed by atoms with van der Waals surface area (Å²) in [6, 6.07) is 5.25. The quantitative estimate of drug-likeness (QED) is 0.894. The number of nitrogens with zero attached hydrogens (tertiary/aromatic N) is 1. The SMILES string of the molecule is CCN1CCCC(NCc2c(C)cc(C)cc2C)C1. The number of likely N-dealkylation sites (N-methyl/N-ethyl adjacent to an activating group) is 1. The molecule has 0 spiro atoms. The number of hydrogen-bond donors (Lipinski definition) is 1. The van der Waals surface area contributed by atoms with Crippen LogP contribution in [0.25, 0.3) is 0 Å². The van der Waals surface area contributed by atoms with Crippen LogP contribution in [0.15, 0.2) is 12.1 Å². The Bertz CT molecular complexity index is 402. The summed E-state index contributed by atoms with van der Waals surface area (Å²) in [5, 5.41) is 3.76. The molecule has 0 bridgehead atoms. The Morgan fingerprint density at radius 2 is 1.89 bits per heavy atom. The number of hydrogen-bond acceptors (Lipinski definition) is 2. The molecule has 0 radical (unpaired) electrons. The molecule has 0 amide bonds. The first-order valence-electron chi connectivity index (χ1n) is 7.62. The molecule has 0 aliphatic carbocycles. The predicted octanol–water partition coefficient (Wildman–Crippen LogP) is 3.19. The number of piperidine rings is 1. The van der Waals surface area contributed by atoms with E-state index in [2.05, 4.69) is 50.0 Å². The van der Waals surface area contributed by atoms with Crippen LogP contribution in [-0.2, 0) is 6.54 Å². The van der Waals surface area contributed by atoms with Crippen LogP contribution in [0.1, 0.15) is 42.0 Å². The summed E-state index contributed by atoms with van der Waals surface area (Å²) in [5.41, 5.74) is 5.70. The Balaban J connectivity index is 1.95. The maximum atomic E-state index is 3.76. The summed E-state index contributed by atoms with van der Waals surface area (Å²) in [5.74, 6) is 0. The first kappa shape index (κ1) is 14.5. The third-order valence-corrected chi connectivity index (χ3v) is 4.36. The second-order valence-corrected chi connectivity index (χ2v) is 5.99. The molecule has 1 atom stereocenters. The van der Waals surface area contributed by atoms with Gasteiger partial charge >= 0.3 is 0 Å². The van der Waals surface area contributed by atoms with E-state index in [0.29, 0.717) is 6.04 Å². The molecule has 0 saturated carbocycles. The Morgan fingerprint density at radius 1 is 1.21 bits per heavy atom. The Labute approximate surface area is 118 Å². The molecule has 1 aliphatic rings. The molecule has 1 heterocycles. The van der Waals surface area contributed by atoms with E-state index < -0.39 is 0 Å². The molecule has 2 nitrogen and oxygen atoms in total. The summed E-state index contributed by atoms with van der Waals surface area (Å²) >= 11 is 0. The third-order valence-electron chi connectivity index (χ3n) is 4.36. The average Bonchev–Trinajstić information content (AvgIpc) is 2.37. The van der Waals surface area contributed by atoms with Crippen LogP contribution < -0.4 is 5.32 Å². The van der Waals surface area contributed by atoms with Crippen LogP contribution in [0.2, 0.25) is 0 Å². The van der Waals surface area contributed by atoms with E-state index in [9.17, 15) is 0 Å². The van der Waals surface area contributed by atoms with Gasteiger partial charge in [-0.15, -0.1) is 0 Å². The minimum absolute atomic E-state index is 0.661. The maximum Gasteiger partial charge on any atom is 0.0213 e. The molecule has 106 valence electrons. The standard InChI is InChI=1S/C17H28N2/c1-5-19-8-6-7-16(12-19)18-11-17-14(3)9-13(2)10-15(17)4/h9-10,16,18H,5-8,11-12H2,1-4H3. The summed E-state index contributed by atoms with van der Waals surface area (Å²) in [7, 11) is 0. The highest BCUT2D eigenvalue weighted by molar-refractivity contribution is 5.37. The molecule has 1 fully saturated rings. The lowest BCUT2D eigenvalue weighted by Gasteiger charge is -2.32. The molecule has 2 heteroatoms. The first-order valence-corrected chi connectivity index (χ1v) is 7.62. The summed E-state index contributed by atoms with van der Waals surface area (Å²) < 4.78 is 0. The van der Waals surface area contributed by atoms with Crippen molar-refractivity contribution >= 4 is 0 Å². The molecular formula is C17H28N2. The van der Waals surface area contributed by atoms with E-state index in [-0.39, 0.29) is 0 Å². The van der Waals surface area contributed by atoms with E-state index in [4.69, 9.17) is 0 Å². The molecule has 1 unspecified atom stereocenters. The number of aryl methyl sites for hydroxylation is 3. The van der Waals surface area contributed by atoms with Gasteiger partial charge in [-0.25, -0.2) is 0 Å². The van der Waals surface area contributed by atoms with Gasteiger partial charge in [0.25, 0.3) is 0 Å². The molecule has 0 aromatic heterocycles. The zero-order chi connectivity index (χ0) is 13.8. The summed E-state index contributed by atoms with van der Waals surface area (Å²) in [6.45, 7) is 13.6. The summed E-state index contributed by atoms with van der Waals surface area (Å²) in [6.07, 6.45) is 2.65. The number of nitrogens with one attached hydrogen (secondary N) is 1. The molecule has 1 saturated heterocycles. The van der Waals surface area contributed by atoms with Crippen molar-refractivity contribution in [1.82, 2.24) is 10.2 Å². The molecule has 19 heavy (non-hydrogen) atoms. The van der Waals surface area contributed by atoms with Gasteiger partial charge in [0.2, 0.25) is 0 Å². The fourth-order valence-corrected chi connectivity index (χ4v) is 3.24. The molecule has 1 aromatic carbocycles. The van der Waals surface area contributed by atoms with Crippen molar-refractivity contribution in [3.05, 3.63) is 34.4 Å². The fourth-order valence-electron chi connectivity index (χ4n) is 3.24. The van der Waals surface area contributed by atoms with Crippen LogP contribution in [0.5, 0.6) is 0 Å². The van der Waals surface area contributed by atoms with E-state index >= 15 is 0 Å². The van der Waals surface area contributed by atoms with Gasteiger partial charge in [-0.05, 0) is 63.4 Å². The van der Waals surface area contributed by atoms with Crippen molar-refractivity contribution in [2.24, 2.45) is 0 Å². The van der Waals surface area contributed by atoms with Crippen LogP contribution in [-0.4, -0.2) is 30.6 Å². The van der Waals surface area contributed by atoms with E-state index in [1.54, 1.807) is 0 Å². The highest BCUT2D eigenvalue weighted by Crippen LogP contribution is 2.17. The van der Waals surface area contributed by atoms with Crippen molar-refractivity contribution in [1.29, 1.82) is 0 Å². The predicted molar refractivity (Wildman–Crippen MR) is 82.6 cm³/mol.